The molecule has 0 aliphatic heterocycles. The van der Waals surface area contributed by atoms with Gasteiger partial charge in [-0.25, -0.2) is 4.98 Å². The maximum Gasteiger partial charge on any atom is 0.312 e. The Morgan fingerprint density at radius 1 is 1.33 bits per heavy atom. The Labute approximate surface area is 109 Å². The first-order valence-corrected chi connectivity index (χ1v) is 6.56. The van der Waals surface area contributed by atoms with Crippen LogP contribution in [0.2, 0.25) is 0 Å². The average Bonchev–Trinajstić information content (AvgIpc) is 2.78. The van der Waals surface area contributed by atoms with Gasteiger partial charge in [-0.2, -0.15) is 0 Å². The molecular weight excluding hydrogens is 248 g/mol. The van der Waals surface area contributed by atoms with Crippen molar-refractivity contribution in [3.05, 3.63) is 35.6 Å². The van der Waals surface area contributed by atoms with Crippen molar-refractivity contribution in [3.8, 4) is 10.6 Å². The van der Waals surface area contributed by atoms with Gasteiger partial charge >= 0.3 is 5.97 Å². The van der Waals surface area contributed by atoms with E-state index >= 15 is 0 Å². The lowest BCUT2D eigenvalue weighted by atomic mass is 9.93. The number of pyridine rings is 1. The van der Waals surface area contributed by atoms with Crippen molar-refractivity contribution in [2.24, 2.45) is 5.92 Å². The lowest BCUT2D eigenvalue weighted by Crippen LogP contribution is -2.17. The summed E-state index contributed by atoms with van der Waals surface area (Å²) < 4.78 is 0. The topological polar surface area (TPSA) is 63.1 Å². The molecule has 2 rings (SSSR count). The highest BCUT2D eigenvalue weighted by molar-refractivity contribution is 7.13. The van der Waals surface area contributed by atoms with Gasteiger partial charge in [0.05, 0.1) is 5.69 Å². The van der Waals surface area contributed by atoms with Crippen LogP contribution in [0.15, 0.2) is 29.9 Å². The van der Waals surface area contributed by atoms with Crippen molar-refractivity contribution in [1.82, 2.24) is 9.97 Å². The van der Waals surface area contributed by atoms with E-state index in [1.165, 1.54) is 11.3 Å². The normalized spacial score (nSPS) is 12.6. The highest BCUT2D eigenvalue weighted by Crippen LogP contribution is 2.30. The van der Waals surface area contributed by atoms with E-state index in [4.69, 9.17) is 0 Å². The average molecular weight is 262 g/mol. The fraction of sp³-hybridized carbons (Fsp3) is 0.308. The molecule has 0 fully saturated rings. The third-order valence-electron chi connectivity index (χ3n) is 2.70. The van der Waals surface area contributed by atoms with Crippen LogP contribution in [-0.4, -0.2) is 21.0 Å². The molecule has 2 aromatic rings. The molecule has 1 atom stereocenters. The van der Waals surface area contributed by atoms with E-state index in [1.54, 1.807) is 12.4 Å². The van der Waals surface area contributed by atoms with Gasteiger partial charge in [0.25, 0.3) is 0 Å². The van der Waals surface area contributed by atoms with Gasteiger partial charge in [0, 0.05) is 23.3 Å². The fourth-order valence-electron chi connectivity index (χ4n) is 1.81. The van der Waals surface area contributed by atoms with Crippen LogP contribution < -0.4 is 0 Å². The molecule has 2 aromatic heterocycles. The largest absolute Gasteiger partial charge is 0.481 e. The number of hydrogen-bond acceptors (Lipinski definition) is 4. The Morgan fingerprint density at radius 3 is 2.56 bits per heavy atom. The Kier molecular flexibility index (Phi) is 3.72. The number of rotatable bonds is 4. The molecule has 0 aromatic carbocycles. The van der Waals surface area contributed by atoms with E-state index in [0.717, 1.165) is 10.6 Å². The molecule has 18 heavy (non-hydrogen) atoms. The minimum atomic E-state index is -0.823. The second-order valence-electron chi connectivity index (χ2n) is 4.37. The molecule has 0 saturated heterocycles. The predicted molar refractivity (Wildman–Crippen MR) is 70.6 cm³/mol. The number of nitrogens with zero attached hydrogens (tertiary/aromatic N) is 2. The van der Waals surface area contributed by atoms with Crippen LogP contribution in [0, 0.1) is 5.92 Å². The van der Waals surface area contributed by atoms with Crippen LogP contribution in [0.1, 0.15) is 25.5 Å². The smallest absolute Gasteiger partial charge is 0.312 e. The summed E-state index contributed by atoms with van der Waals surface area (Å²) in [4.78, 5) is 19.6. The van der Waals surface area contributed by atoms with Crippen LogP contribution in [0.25, 0.3) is 10.6 Å². The number of carboxylic acids is 1. The lowest BCUT2D eigenvalue weighted by Gasteiger charge is -2.13. The van der Waals surface area contributed by atoms with Gasteiger partial charge in [0.2, 0.25) is 0 Å². The molecule has 94 valence electrons. The molecule has 1 unspecified atom stereocenters. The van der Waals surface area contributed by atoms with E-state index < -0.39 is 11.9 Å². The monoisotopic (exact) mass is 262 g/mol. The van der Waals surface area contributed by atoms with Crippen molar-refractivity contribution in [3.63, 3.8) is 0 Å². The van der Waals surface area contributed by atoms with Crippen LogP contribution >= 0.6 is 11.3 Å². The summed E-state index contributed by atoms with van der Waals surface area (Å²) in [6.07, 6.45) is 3.40. The molecule has 1 N–H and O–H groups in total. The fourth-order valence-corrected chi connectivity index (χ4v) is 2.67. The van der Waals surface area contributed by atoms with Crippen molar-refractivity contribution in [1.29, 1.82) is 0 Å². The predicted octanol–water partition coefficient (Wildman–Crippen LogP) is 3.03. The SMILES string of the molecule is CC(C)C(C(=O)O)c1csc(-c2ccncc2)n1. The molecule has 0 aliphatic carbocycles. The van der Waals surface area contributed by atoms with Crippen LogP contribution in [0.3, 0.4) is 0 Å². The minimum Gasteiger partial charge on any atom is -0.481 e. The summed E-state index contributed by atoms with van der Waals surface area (Å²) in [6.45, 7) is 3.79. The molecule has 0 saturated carbocycles. The van der Waals surface area contributed by atoms with Crippen molar-refractivity contribution in [2.75, 3.05) is 0 Å². The van der Waals surface area contributed by atoms with E-state index in [-0.39, 0.29) is 5.92 Å². The molecule has 0 radical (unpaired) electrons. The molecular formula is C13H14N2O2S. The maximum absolute atomic E-state index is 11.2. The summed E-state index contributed by atoms with van der Waals surface area (Å²) in [6, 6.07) is 3.74. The summed E-state index contributed by atoms with van der Waals surface area (Å²) in [7, 11) is 0. The Bertz CT molecular complexity index is 537. The second kappa shape index (κ2) is 5.27. The first-order chi connectivity index (χ1) is 8.59. The number of aromatic nitrogens is 2. The van der Waals surface area contributed by atoms with Crippen LogP contribution in [0.5, 0.6) is 0 Å². The number of carbonyl (C=O) groups is 1. The summed E-state index contributed by atoms with van der Waals surface area (Å²) in [5.74, 6) is -1.34. The van der Waals surface area contributed by atoms with Gasteiger partial charge in [-0.1, -0.05) is 13.8 Å². The summed E-state index contributed by atoms with van der Waals surface area (Å²) in [5, 5.41) is 11.9. The maximum atomic E-state index is 11.2. The molecule has 0 spiro atoms. The minimum absolute atomic E-state index is 0.0230. The zero-order chi connectivity index (χ0) is 13.1. The quantitative estimate of drug-likeness (QED) is 0.920. The molecule has 0 aliphatic rings. The van der Waals surface area contributed by atoms with E-state index in [1.807, 2.05) is 31.4 Å². The third-order valence-corrected chi connectivity index (χ3v) is 3.61. The first-order valence-electron chi connectivity index (χ1n) is 5.68. The number of thiazole rings is 1. The molecule has 0 amide bonds. The highest BCUT2D eigenvalue weighted by Gasteiger charge is 2.26. The Balaban J connectivity index is 2.33. The Morgan fingerprint density at radius 2 is 2.00 bits per heavy atom. The highest BCUT2D eigenvalue weighted by atomic mass is 32.1. The zero-order valence-corrected chi connectivity index (χ0v) is 11.0. The van der Waals surface area contributed by atoms with E-state index in [2.05, 4.69) is 9.97 Å². The van der Waals surface area contributed by atoms with Crippen molar-refractivity contribution >= 4 is 17.3 Å². The first kappa shape index (κ1) is 12.7. The van der Waals surface area contributed by atoms with Gasteiger partial charge in [-0.3, -0.25) is 9.78 Å². The molecule has 2 heterocycles. The van der Waals surface area contributed by atoms with Gasteiger partial charge in [0.1, 0.15) is 10.9 Å². The van der Waals surface area contributed by atoms with E-state index in [0.29, 0.717) is 5.69 Å². The third kappa shape index (κ3) is 2.56. The lowest BCUT2D eigenvalue weighted by molar-refractivity contribution is -0.139. The molecule has 5 heteroatoms. The van der Waals surface area contributed by atoms with E-state index in [9.17, 15) is 9.90 Å². The van der Waals surface area contributed by atoms with Gasteiger partial charge in [0.15, 0.2) is 0 Å². The number of carboxylic acid groups (broad SMARTS) is 1. The molecule has 4 nitrogen and oxygen atoms in total. The van der Waals surface area contributed by atoms with Gasteiger partial charge in [-0.15, -0.1) is 11.3 Å². The van der Waals surface area contributed by atoms with Crippen molar-refractivity contribution in [2.45, 2.75) is 19.8 Å². The second-order valence-corrected chi connectivity index (χ2v) is 5.23. The van der Waals surface area contributed by atoms with Gasteiger partial charge in [-0.05, 0) is 18.1 Å². The van der Waals surface area contributed by atoms with Crippen LogP contribution in [-0.2, 0) is 4.79 Å². The number of hydrogen-bond donors (Lipinski definition) is 1. The van der Waals surface area contributed by atoms with Crippen molar-refractivity contribution < 1.29 is 9.90 Å². The summed E-state index contributed by atoms with van der Waals surface area (Å²) in [5.41, 5.74) is 1.60. The Hall–Kier alpha value is -1.75. The molecule has 0 bridgehead atoms. The summed E-state index contributed by atoms with van der Waals surface area (Å²) >= 11 is 1.46. The number of aliphatic carboxylic acids is 1. The van der Waals surface area contributed by atoms with Gasteiger partial charge < -0.3 is 5.11 Å². The van der Waals surface area contributed by atoms with Crippen LogP contribution in [0.4, 0.5) is 0 Å². The standard InChI is InChI=1S/C13H14N2O2S/c1-8(2)11(13(16)17)10-7-18-12(15-10)9-3-5-14-6-4-9/h3-8,11H,1-2H3,(H,16,17). The zero-order valence-electron chi connectivity index (χ0n) is 10.2.